The number of anilines is 6. The maximum absolute atomic E-state index is 7.76. The molecule has 0 aromatic heterocycles. The molecule has 6 nitrogen and oxygen atoms in total. The number of hydrogen-bond acceptors (Lipinski definition) is 6. The lowest BCUT2D eigenvalue weighted by atomic mass is 9.30. The van der Waals surface area contributed by atoms with Crippen LogP contribution in [0.15, 0.2) is 146 Å². The topological polar surface area (TPSA) is 43.4 Å². The zero-order chi connectivity index (χ0) is 74.4. The van der Waals surface area contributed by atoms with Crippen LogP contribution < -0.4 is 61.5 Å². The lowest BCUT2D eigenvalue weighted by molar-refractivity contribution is 0.451. The molecule has 0 radical (unpaired) electrons. The van der Waals surface area contributed by atoms with Gasteiger partial charge in [-0.25, -0.2) is 0 Å². The van der Waals surface area contributed by atoms with Gasteiger partial charge in [-0.3, -0.25) is 0 Å². The Labute approximate surface area is 614 Å². The van der Waals surface area contributed by atoms with Crippen LogP contribution in [0.3, 0.4) is 0 Å². The number of rotatable bonds is 6. The Morgan fingerprint density at radius 1 is 0.235 bits per heavy atom. The fourth-order valence-corrected chi connectivity index (χ4v) is 15.5. The van der Waals surface area contributed by atoms with Crippen molar-refractivity contribution in [2.75, 3.05) is 9.80 Å². The summed E-state index contributed by atoms with van der Waals surface area (Å²) in [5, 5.41) is 0. The predicted molar refractivity (Wildman–Crippen MR) is 438 cm³/mol. The van der Waals surface area contributed by atoms with Crippen molar-refractivity contribution in [2.45, 2.75) is 262 Å². The van der Waals surface area contributed by atoms with E-state index in [2.05, 4.69) is 363 Å². The SMILES string of the molecule is CC(C)(C)c1ccc(Oc2cc3c4c(c2)N(c2cc(C(C)(C)C)cc(C(C)(C)C)c2)c2cc(C(C)(C)C)cc(C(C)(C)C)c2B4c2cc4c(cc2O3)Oc2cc(Oc3ccc(C(C)(C)C)cc3)cc3c2B4c2c(cc(C(C)(C)C)cc2C(C)(C)C)N3c2cc(C(C)(C)C)cc(C(C)(C)C)c2)cc1. The summed E-state index contributed by atoms with van der Waals surface area (Å²) in [5.41, 5.74) is 24.8. The van der Waals surface area contributed by atoms with E-state index in [0.29, 0.717) is 11.5 Å². The quantitative estimate of drug-likeness (QED) is 0.155. The van der Waals surface area contributed by atoms with E-state index in [-0.39, 0.29) is 67.6 Å². The van der Waals surface area contributed by atoms with Crippen molar-refractivity contribution >= 4 is 80.3 Å². The van der Waals surface area contributed by atoms with E-state index in [4.69, 9.17) is 18.9 Å². The smallest absolute Gasteiger partial charge is 0.256 e. The van der Waals surface area contributed by atoms with Crippen molar-refractivity contribution in [3.05, 3.63) is 201 Å². The van der Waals surface area contributed by atoms with Crippen LogP contribution in [0.5, 0.6) is 46.0 Å². The zero-order valence-corrected chi connectivity index (χ0v) is 67.5. The van der Waals surface area contributed by atoms with Gasteiger partial charge < -0.3 is 28.7 Å². The van der Waals surface area contributed by atoms with Gasteiger partial charge in [-0.15, -0.1) is 0 Å². The molecule has 530 valence electrons. The number of ether oxygens (including phenoxy) is 4. The molecule has 4 heterocycles. The van der Waals surface area contributed by atoms with Gasteiger partial charge in [-0.1, -0.05) is 262 Å². The Hall–Kier alpha value is -8.09. The number of nitrogens with zero attached hydrogens (tertiary/aromatic N) is 2. The van der Waals surface area contributed by atoms with E-state index >= 15 is 0 Å². The van der Waals surface area contributed by atoms with E-state index in [1.54, 1.807) is 0 Å². The fraction of sp³-hybridized carbons (Fsp3) is 0.426. The Morgan fingerprint density at radius 3 is 0.784 bits per heavy atom. The largest absolute Gasteiger partial charge is 0.458 e. The van der Waals surface area contributed by atoms with Crippen LogP contribution in [0, 0.1) is 0 Å². The molecule has 9 aromatic carbocycles. The summed E-state index contributed by atoms with van der Waals surface area (Å²) in [6, 6.07) is 55.7. The lowest BCUT2D eigenvalue weighted by Gasteiger charge is -2.45. The first-order valence-corrected chi connectivity index (χ1v) is 37.6. The van der Waals surface area contributed by atoms with Crippen LogP contribution in [0.2, 0.25) is 0 Å². The molecule has 8 heteroatoms. The normalized spacial score (nSPS) is 14.6. The molecular weight excluding hydrogens is 1240 g/mol. The van der Waals surface area contributed by atoms with Crippen molar-refractivity contribution in [1.29, 1.82) is 0 Å². The van der Waals surface area contributed by atoms with E-state index in [1.165, 1.54) is 77.9 Å². The molecule has 0 N–H and O–H groups in total. The molecule has 0 bridgehead atoms. The van der Waals surface area contributed by atoms with E-state index in [9.17, 15) is 0 Å². The minimum atomic E-state index is -0.298. The first kappa shape index (κ1) is 72.3. The molecule has 9 aromatic rings. The highest BCUT2D eigenvalue weighted by atomic mass is 16.5. The summed E-state index contributed by atoms with van der Waals surface area (Å²) >= 11 is 0. The third-order valence-corrected chi connectivity index (χ3v) is 21.9. The minimum Gasteiger partial charge on any atom is -0.458 e. The molecule has 0 spiro atoms. The monoisotopic (exact) mass is 1360 g/mol. The summed E-state index contributed by atoms with van der Waals surface area (Å²) in [5.74, 6) is 5.94. The van der Waals surface area contributed by atoms with Crippen molar-refractivity contribution in [3.8, 4) is 46.0 Å². The van der Waals surface area contributed by atoms with Gasteiger partial charge in [0.2, 0.25) is 0 Å². The van der Waals surface area contributed by atoms with Crippen LogP contribution >= 0.6 is 0 Å². The lowest BCUT2D eigenvalue weighted by Crippen LogP contribution is -2.64. The molecule has 0 fully saturated rings. The van der Waals surface area contributed by atoms with Gasteiger partial charge in [0.15, 0.2) is 0 Å². The maximum atomic E-state index is 7.76. The van der Waals surface area contributed by atoms with Gasteiger partial charge >= 0.3 is 0 Å². The Kier molecular flexibility index (Phi) is 16.8. The molecule has 13 rings (SSSR count). The molecule has 0 unspecified atom stereocenters. The van der Waals surface area contributed by atoms with E-state index < -0.39 is 0 Å². The van der Waals surface area contributed by atoms with Crippen LogP contribution in [-0.2, 0) is 54.1 Å². The van der Waals surface area contributed by atoms with Gasteiger partial charge in [0.05, 0.1) is 0 Å². The highest BCUT2D eigenvalue weighted by Gasteiger charge is 2.51. The molecule has 4 aliphatic heterocycles. The second-order valence-electron chi connectivity index (χ2n) is 40.6. The fourth-order valence-electron chi connectivity index (χ4n) is 15.5. The van der Waals surface area contributed by atoms with Crippen molar-refractivity contribution in [2.24, 2.45) is 0 Å². The van der Waals surface area contributed by atoms with Crippen LogP contribution in [0.25, 0.3) is 0 Å². The number of fused-ring (bicyclic) bond motifs is 8. The molecule has 0 saturated heterocycles. The van der Waals surface area contributed by atoms with Gasteiger partial charge in [0.1, 0.15) is 46.0 Å². The van der Waals surface area contributed by atoms with Gasteiger partial charge in [-0.2, -0.15) is 0 Å². The van der Waals surface area contributed by atoms with E-state index in [0.717, 1.165) is 79.1 Å². The predicted octanol–water partition coefficient (Wildman–Crippen LogP) is 23.1. The average Bonchev–Trinajstić information content (AvgIpc) is 0.690. The highest BCUT2D eigenvalue weighted by molar-refractivity contribution is 7.02. The second kappa shape index (κ2) is 23.7. The third kappa shape index (κ3) is 13.2. The zero-order valence-electron chi connectivity index (χ0n) is 67.5. The Morgan fingerprint density at radius 2 is 0.510 bits per heavy atom. The maximum Gasteiger partial charge on any atom is 0.256 e. The molecule has 102 heavy (non-hydrogen) atoms. The average molecular weight is 1360 g/mol. The summed E-state index contributed by atoms with van der Waals surface area (Å²) in [6.45, 7) is 69.7. The summed E-state index contributed by atoms with van der Waals surface area (Å²) in [6.07, 6.45) is 0. The number of hydrogen-bond donors (Lipinski definition) is 0. The van der Waals surface area contributed by atoms with Gasteiger partial charge in [0.25, 0.3) is 13.4 Å². The van der Waals surface area contributed by atoms with Gasteiger partial charge in [-0.05, 0) is 203 Å². The van der Waals surface area contributed by atoms with Crippen LogP contribution in [0.4, 0.5) is 34.1 Å². The molecule has 0 atom stereocenters. The first-order valence-electron chi connectivity index (χ1n) is 37.6. The first-order chi connectivity index (χ1) is 46.8. The van der Waals surface area contributed by atoms with Crippen molar-refractivity contribution in [3.63, 3.8) is 0 Å². The highest BCUT2D eigenvalue weighted by Crippen LogP contribution is 2.52. The molecule has 0 saturated carbocycles. The minimum absolute atomic E-state index is 0.0211. The Balaban J connectivity index is 1.14. The van der Waals surface area contributed by atoms with Gasteiger partial charge in [0, 0.05) is 64.5 Å². The standard InChI is InChI=1S/C94H114B2N2O4/c1-85(2,3)55-31-35-65(36-32-55)99-67-49-75-83-79(51-67)101-77-54-78-72(53-71(77)95(83)81-69(93(25,26)27)45-61(91(19,20)21)47-73(81)97(75)63-41-57(87(7,8)9)39-58(42-63)88(10,11)12)96-82-70(94(28,29)30)46-62(92(22,23)24)48-74(82)98(64-43-59(89(13,14)15)40-60(44-64)90(16,17)18)76-50-68(52-80(102-78)84(76)96)100-66-37-33-56(34-38-66)86(4,5)6/h31-54H,1-30H3. The molecule has 0 aliphatic carbocycles. The molecule has 0 amide bonds. The van der Waals surface area contributed by atoms with Crippen molar-refractivity contribution in [1.82, 2.24) is 0 Å². The summed E-state index contributed by atoms with van der Waals surface area (Å²) < 4.78 is 29.9. The van der Waals surface area contributed by atoms with Crippen LogP contribution in [0.1, 0.15) is 263 Å². The second-order valence-corrected chi connectivity index (χ2v) is 40.6. The molecular formula is C94H114B2N2O4. The van der Waals surface area contributed by atoms with Crippen molar-refractivity contribution < 1.29 is 18.9 Å². The van der Waals surface area contributed by atoms with Crippen LogP contribution in [-0.4, -0.2) is 13.4 Å². The summed E-state index contributed by atoms with van der Waals surface area (Å²) in [4.78, 5) is 5.17. The Bertz CT molecular complexity index is 4480. The number of benzene rings is 9. The summed E-state index contributed by atoms with van der Waals surface area (Å²) in [7, 11) is 0. The van der Waals surface area contributed by atoms with E-state index in [1.807, 2.05) is 0 Å². The molecule has 4 aliphatic rings. The third-order valence-electron chi connectivity index (χ3n) is 21.9.